The molecule has 0 unspecified atom stereocenters. The van der Waals surface area contributed by atoms with Crippen molar-refractivity contribution in [2.75, 3.05) is 13.1 Å². The Morgan fingerprint density at radius 3 is 2.15 bits per heavy atom. The van der Waals surface area contributed by atoms with Gasteiger partial charge in [0.15, 0.2) is 0 Å². The van der Waals surface area contributed by atoms with E-state index in [9.17, 15) is 22.8 Å². The van der Waals surface area contributed by atoms with Gasteiger partial charge in [0.05, 0.1) is 11.6 Å². The minimum atomic E-state index is -4.61. The molecule has 140 valence electrons. The zero-order chi connectivity index (χ0) is 19.5. The number of nitriles is 1. The topological polar surface area (TPSA) is 73.2 Å². The number of nitrogens with zero attached hydrogens (tertiary/aromatic N) is 2. The van der Waals surface area contributed by atoms with Crippen LogP contribution in [-0.2, 0) is 4.79 Å². The molecule has 1 aromatic rings. The minimum Gasteiger partial charge on any atom is -0.349 e. The Bertz CT molecular complexity index is 713. The highest BCUT2D eigenvalue weighted by Gasteiger charge is 2.54. The molecular formula is C18H20F3N3O2. The highest BCUT2D eigenvalue weighted by molar-refractivity contribution is 5.94. The molecule has 1 aromatic carbocycles. The molecule has 0 radical (unpaired) electrons. The maximum Gasteiger partial charge on any atom is 0.402 e. The number of piperidine rings is 1. The largest absolute Gasteiger partial charge is 0.402 e. The first-order valence-electron chi connectivity index (χ1n) is 8.23. The first-order valence-corrected chi connectivity index (χ1v) is 8.23. The lowest BCUT2D eigenvalue weighted by molar-refractivity contribution is -0.217. The van der Waals surface area contributed by atoms with Gasteiger partial charge in [-0.25, -0.2) is 0 Å². The number of carbonyl (C=O) groups excluding carboxylic acids is 2. The van der Waals surface area contributed by atoms with E-state index in [1.54, 1.807) is 12.1 Å². The number of halogens is 3. The van der Waals surface area contributed by atoms with E-state index in [4.69, 9.17) is 5.26 Å². The molecule has 1 saturated heterocycles. The summed E-state index contributed by atoms with van der Waals surface area (Å²) in [7, 11) is 0. The van der Waals surface area contributed by atoms with Crippen LogP contribution in [0.4, 0.5) is 13.2 Å². The van der Waals surface area contributed by atoms with E-state index in [1.165, 1.54) is 17.0 Å². The summed E-state index contributed by atoms with van der Waals surface area (Å²) in [5.74, 6) is -1.25. The number of carbonyl (C=O) groups is 2. The van der Waals surface area contributed by atoms with E-state index in [1.807, 2.05) is 6.07 Å². The Kier molecular flexibility index (Phi) is 5.59. The van der Waals surface area contributed by atoms with Gasteiger partial charge in [-0.15, -0.1) is 0 Å². The second-order valence-electron chi connectivity index (χ2n) is 6.85. The average molecular weight is 367 g/mol. The second kappa shape index (κ2) is 7.36. The summed E-state index contributed by atoms with van der Waals surface area (Å²) in [6.07, 6.45) is -3.83. The van der Waals surface area contributed by atoms with Crippen LogP contribution >= 0.6 is 0 Å². The molecule has 0 atom stereocenters. The maximum absolute atomic E-state index is 13.0. The molecule has 2 amide bonds. The number of nitrogens with one attached hydrogen (secondary N) is 1. The molecule has 0 saturated carbocycles. The predicted octanol–water partition coefficient (Wildman–Crippen LogP) is 2.87. The van der Waals surface area contributed by atoms with Crippen LogP contribution in [0.25, 0.3) is 0 Å². The van der Waals surface area contributed by atoms with E-state index in [-0.39, 0.29) is 25.0 Å². The SMILES string of the molecule is CC(C)(C(=O)N1CCC(NC(=O)c2ccc(C#N)cc2)CC1)C(F)(F)F. The van der Waals surface area contributed by atoms with Gasteiger partial charge < -0.3 is 10.2 Å². The van der Waals surface area contributed by atoms with Gasteiger partial charge in [0, 0.05) is 24.7 Å². The van der Waals surface area contributed by atoms with Crippen LogP contribution in [0.1, 0.15) is 42.6 Å². The maximum atomic E-state index is 13.0. The number of rotatable bonds is 3. The van der Waals surface area contributed by atoms with Gasteiger partial charge in [-0.3, -0.25) is 9.59 Å². The zero-order valence-electron chi connectivity index (χ0n) is 14.6. The number of hydrogen-bond acceptors (Lipinski definition) is 3. The number of alkyl halides is 3. The van der Waals surface area contributed by atoms with Gasteiger partial charge in [-0.05, 0) is 51.0 Å². The summed E-state index contributed by atoms with van der Waals surface area (Å²) < 4.78 is 39.0. The first-order chi connectivity index (χ1) is 12.1. The van der Waals surface area contributed by atoms with E-state index >= 15 is 0 Å². The lowest BCUT2D eigenvalue weighted by atomic mass is 9.89. The molecule has 1 fully saturated rings. The lowest BCUT2D eigenvalue weighted by Gasteiger charge is -2.37. The Labute approximate surface area is 149 Å². The van der Waals surface area contributed by atoms with Crippen molar-refractivity contribution >= 4 is 11.8 Å². The van der Waals surface area contributed by atoms with E-state index in [0.717, 1.165) is 13.8 Å². The Hall–Kier alpha value is -2.56. The Morgan fingerprint density at radius 2 is 1.69 bits per heavy atom. The van der Waals surface area contributed by atoms with Crippen molar-refractivity contribution in [3.05, 3.63) is 35.4 Å². The van der Waals surface area contributed by atoms with Crippen molar-refractivity contribution in [2.24, 2.45) is 5.41 Å². The van der Waals surface area contributed by atoms with E-state index in [0.29, 0.717) is 24.0 Å². The van der Waals surface area contributed by atoms with Gasteiger partial charge in [0.1, 0.15) is 5.41 Å². The van der Waals surface area contributed by atoms with Crippen LogP contribution in [-0.4, -0.2) is 42.0 Å². The third-order valence-corrected chi connectivity index (χ3v) is 4.64. The van der Waals surface area contributed by atoms with Crippen molar-refractivity contribution in [2.45, 2.75) is 38.9 Å². The molecule has 1 aliphatic rings. The third kappa shape index (κ3) is 4.15. The third-order valence-electron chi connectivity index (χ3n) is 4.64. The first kappa shape index (κ1) is 19.8. The molecule has 0 bridgehead atoms. The molecule has 8 heteroatoms. The minimum absolute atomic E-state index is 0.163. The molecule has 5 nitrogen and oxygen atoms in total. The molecule has 2 rings (SSSR count). The van der Waals surface area contributed by atoms with Crippen LogP contribution < -0.4 is 5.32 Å². The summed E-state index contributed by atoms with van der Waals surface area (Å²) >= 11 is 0. The number of hydrogen-bond donors (Lipinski definition) is 1. The smallest absolute Gasteiger partial charge is 0.349 e. The van der Waals surface area contributed by atoms with Gasteiger partial charge in [-0.2, -0.15) is 18.4 Å². The van der Waals surface area contributed by atoms with E-state index < -0.39 is 17.5 Å². The molecule has 1 aliphatic heterocycles. The summed E-state index contributed by atoms with van der Waals surface area (Å²) in [4.78, 5) is 25.6. The van der Waals surface area contributed by atoms with Crippen molar-refractivity contribution in [1.29, 1.82) is 5.26 Å². The molecule has 1 heterocycles. The van der Waals surface area contributed by atoms with Gasteiger partial charge in [-0.1, -0.05) is 0 Å². The van der Waals surface area contributed by atoms with Crippen molar-refractivity contribution < 1.29 is 22.8 Å². The van der Waals surface area contributed by atoms with Crippen LogP contribution in [0.5, 0.6) is 0 Å². The Morgan fingerprint density at radius 1 is 1.15 bits per heavy atom. The van der Waals surface area contributed by atoms with Crippen molar-refractivity contribution in [3.63, 3.8) is 0 Å². The molecule has 0 spiro atoms. The quantitative estimate of drug-likeness (QED) is 0.893. The molecule has 0 aliphatic carbocycles. The fourth-order valence-corrected chi connectivity index (χ4v) is 2.71. The summed E-state index contributed by atoms with van der Waals surface area (Å²) in [5.41, 5.74) is -1.58. The van der Waals surface area contributed by atoms with Crippen LogP contribution in [0.15, 0.2) is 24.3 Å². The number of benzene rings is 1. The number of likely N-dealkylation sites (tertiary alicyclic amines) is 1. The highest BCUT2D eigenvalue weighted by atomic mass is 19.4. The molecule has 0 aromatic heterocycles. The molecular weight excluding hydrogens is 347 g/mol. The van der Waals surface area contributed by atoms with Crippen LogP contribution in [0.3, 0.4) is 0 Å². The fraction of sp³-hybridized carbons (Fsp3) is 0.500. The summed E-state index contributed by atoms with van der Waals surface area (Å²) in [6.45, 7) is 2.09. The van der Waals surface area contributed by atoms with E-state index in [2.05, 4.69) is 5.32 Å². The van der Waals surface area contributed by atoms with Crippen molar-refractivity contribution in [1.82, 2.24) is 10.2 Å². The van der Waals surface area contributed by atoms with Gasteiger partial charge in [0.25, 0.3) is 5.91 Å². The normalized spacial score (nSPS) is 16.1. The standard InChI is InChI=1S/C18H20F3N3O2/c1-17(2,18(19,20)21)16(26)24-9-7-14(8-10-24)23-15(25)13-5-3-12(11-22)4-6-13/h3-6,14H,7-10H2,1-2H3,(H,23,25). The Balaban J connectivity index is 1.91. The van der Waals surface area contributed by atoms with Crippen molar-refractivity contribution in [3.8, 4) is 6.07 Å². The molecule has 26 heavy (non-hydrogen) atoms. The van der Waals surface area contributed by atoms with Gasteiger partial charge in [0.2, 0.25) is 5.91 Å². The number of amides is 2. The summed E-state index contributed by atoms with van der Waals surface area (Å²) in [5, 5.41) is 11.6. The molecule has 1 N–H and O–H groups in total. The fourth-order valence-electron chi connectivity index (χ4n) is 2.71. The van der Waals surface area contributed by atoms with Crippen LogP contribution in [0, 0.1) is 16.7 Å². The predicted molar refractivity (Wildman–Crippen MR) is 88.1 cm³/mol. The second-order valence-corrected chi connectivity index (χ2v) is 6.85. The average Bonchev–Trinajstić information content (AvgIpc) is 2.60. The summed E-state index contributed by atoms with van der Waals surface area (Å²) in [6, 6.07) is 7.91. The highest BCUT2D eigenvalue weighted by Crippen LogP contribution is 2.39. The van der Waals surface area contributed by atoms with Gasteiger partial charge >= 0.3 is 6.18 Å². The lowest BCUT2D eigenvalue weighted by Crippen LogP contribution is -2.53. The zero-order valence-corrected chi connectivity index (χ0v) is 14.6. The van der Waals surface area contributed by atoms with Crippen LogP contribution in [0.2, 0.25) is 0 Å². The monoisotopic (exact) mass is 367 g/mol.